The lowest BCUT2D eigenvalue weighted by Gasteiger charge is -2.39. The quantitative estimate of drug-likeness (QED) is 0.141. The predicted octanol–water partition coefficient (Wildman–Crippen LogP) is 6.42. The number of rotatable bonds is 11. The molecule has 0 bridgehead atoms. The fraction of sp³-hybridized carbons (Fsp3) is 0.516. The highest BCUT2D eigenvalue weighted by atomic mass is 35.5. The van der Waals surface area contributed by atoms with Gasteiger partial charge in [0.15, 0.2) is 16.6 Å². The third-order valence-corrected chi connectivity index (χ3v) is 16.6. The fourth-order valence-electron chi connectivity index (χ4n) is 4.53. The summed E-state index contributed by atoms with van der Waals surface area (Å²) in [5.41, 5.74) is 6.74. The first-order chi connectivity index (χ1) is 19.5. The number of hydrazine groups is 1. The van der Waals surface area contributed by atoms with Crippen molar-refractivity contribution in [3.05, 3.63) is 63.4 Å². The molecule has 2 aromatic carbocycles. The van der Waals surface area contributed by atoms with Crippen LogP contribution in [0.25, 0.3) is 0 Å². The van der Waals surface area contributed by atoms with Crippen molar-refractivity contribution in [3.63, 3.8) is 0 Å². The smallest absolute Gasteiger partial charge is 0.269 e. The Balaban J connectivity index is 2.28. The van der Waals surface area contributed by atoms with Crippen molar-refractivity contribution in [2.75, 3.05) is 5.32 Å². The molecule has 5 N–H and O–H groups in total. The van der Waals surface area contributed by atoms with Crippen LogP contribution in [-0.2, 0) is 11.2 Å². The zero-order chi connectivity index (χ0) is 33.1. The summed E-state index contributed by atoms with van der Waals surface area (Å²) in [7, 11) is -5.17. The molecule has 0 aliphatic carbocycles. The van der Waals surface area contributed by atoms with E-state index in [0.29, 0.717) is 35.2 Å². The summed E-state index contributed by atoms with van der Waals surface area (Å²) in [5, 5.41) is 11.9. The molecule has 0 aromatic heterocycles. The van der Waals surface area contributed by atoms with Gasteiger partial charge in [-0.1, -0.05) is 52.3 Å². The van der Waals surface area contributed by atoms with Crippen molar-refractivity contribution in [3.8, 4) is 6.07 Å². The molecule has 236 valence electrons. The molecule has 0 radical (unpaired) electrons. The minimum Gasteiger partial charge on any atom is -0.432 e. The number of hydrogen-bond donors (Lipinski definition) is 5. The highest BCUT2D eigenvalue weighted by Gasteiger charge is 2.41. The number of nitriles is 1. The van der Waals surface area contributed by atoms with Crippen LogP contribution < -0.4 is 16.2 Å². The van der Waals surface area contributed by atoms with Crippen LogP contribution in [0.2, 0.25) is 41.3 Å². The van der Waals surface area contributed by atoms with Crippen molar-refractivity contribution < 1.29 is 23.6 Å². The van der Waals surface area contributed by atoms with E-state index in [-0.39, 0.29) is 16.5 Å². The molecule has 8 nitrogen and oxygen atoms in total. The van der Waals surface area contributed by atoms with Crippen LogP contribution >= 0.6 is 11.6 Å². The van der Waals surface area contributed by atoms with Gasteiger partial charge in [0.2, 0.25) is 0 Å². The number of nitrogens with zero attached hydrogens (tertiary/aromatic N) is 1. The van der Waals surface area contributed by atoms with E-state index in [1.165, 1.54) is 12.1 Å². The molecule has 0 saturated heterocycles. The molecule has 0 heterocycles. The van der Waals surface area contributed by atoms with Crippen molar-refractivity contribution in [2.45, 2.75) is 96.7 Å². The van der Waals surface area contributed by atoms with E-state index in [1.807, 2.05) is 66.9 Å². The average Bonchev–Trinajstić information content (AvgIpc) is 2.87. The molecule has 2 aromatic rings. The third kappa shape index (κ3) is 8.89. The Morgan fingerprint density at radius 1 is 1.02 bits per heavy atom. The normalized spacial score (nSPS) is 14.0. The summed E-state index contributed by atoms with van der Waals surface area (Å²) in [4.78, 5) is 47.9. The lowest BCUT2D eigenvalue weighted by molar-refractivity contribution is -0.123. The summed E-state index contributed by atoms with van der Waals surface area (Å²) < 4.78 is 15.0. The Bertz CT molecular complexity index is 1400. The topological polar surface area (TPSA) is 134 Å². The van der Waals surface area contributed by atoms with E-state index in [0.717, 1.165) is 6.07 Å². The second-order valence-electron chi connectivity index (χ2n) is 13.8. The summed E-state index contributed by atoms with van der Waals surface area (Å²) in [6, 6.07) is 8.55. The maximum Gasteiger partial charge on any atom is 0.269 e. The van der Waals surface area contributed by atoms with Gasteiger partial charge in [0, 0.05) is 11.3 Å². The van der Waals surface area contributed by atoms with Crippen molar-refractivity contribution in [1.82, 2.24) is 10.9 Å². The highest BCUT2D eigenvalue weighted by molar-refractivity contribution is 6.73. The molecule has 0 unspecified atom stereocenters. The zero-order valence-electron chi connectivity index (χ0n) is 26.9. The summed E-state index contributed by atoms with van der Waals surface area (Å²) in [5.74, 6) is -2.10. The highest BCUT2D eigenvalue weighted by Crippen LogP contribution is 2.43. The van der Waals surface area contributed by atoms with Crippen LogP contribution in [0.1, 0.15) is 68.1 Å². The van der Waals surface area contributed by atoms with Crippen molar-refractivity contribution >= 4 is 45.7 Å². The van der Waals surface area contributed by atoms with Crippen LogP contribution in [-0.4, -0.2) is 44.1 Å². The van der Waals surface area contributed by atoms with Gasteiger partial charge in [-0.2, -0.15) is 5.26 Å². The van der Waals surface area contributed by atoms with E-state index in [1.54, 1.807) is 19.1 Å². The molecular formula is C31H46ClFN4O4Si2. The molecule has 0 saturated carbocycles. The van der Waals surface area contributed by atoms with Crippen LogP contribution in [0.5, 0.6) is 0 Å². The Kier molecular flexibility index (Phi) is 11.4. The van der Waals surface area contributed by atoms with Gasteiger partial charge in [-0.3, -0.25) is 20.4 Å². The molecule has 0 spiro atoms. The largest absolute Gasteiger partial charge is 0.432 e. The number of hydrogen-bond acceptors (Lipinski definition) is 6. The van der Waals surface area contributed by atoms with Gasteiger partial charge in [-0.25, -0.2) is 4.39 Å². The summed E-state index contributed by atoms with van der Waals surface area (Å²) in [6.45, 7) is 18.7. The molecule has 2 atom stereocenters. The first-order valence-electron chi connectivity index (χ1n) is 14.3. The second kappa shape index (κ2) is 13.5. The zero-order valence-corrected chi connectivity index (χ0v) is 29.6. The molecule has 2 rings (SSSR count). The van der Waals surface area contributed by atoms with Crippen LogP contribution in [0.15, 0.2) is 30.3 Å². The monoisotopic (exact) mass is 648 g/mol. The Morgan fingerprint density at radius 2 is 1.60 bits per heavy atom. The van der Waals surface area contributed by atoms with E-state index in [2.05, 4.69) is 16.2 Å². The van der Waals surface area contributed by atoms with Gasteiger partial charge in [0.05, 0.1) is 10.6 Å². The van der Waals surface area contributed by atoms with E-state index < -0.39 is 50.4 Å². The van der Waals surface area contributed by atoms with E-state index in [9.17, 15) is 28.8 Å². The van der Waals surface area contributed by atoms with Gasteiger partial charge in [0.1, 0.15) is 17.9 Å². The number of halogens is 2. The number of carbonyl (C=O) groups is 2. The molecule has 0 aliphatic rings. The Labute approximate surface area is 262 Å². The SMILES string of the molecule is Cc1c(N[C@@H](C(=O)NNC(=O)c2ccc(CC(C)(C)[Si](C)(C)O)c(F)c2)[C@H](C)CC(C)(C)[Si](C)(C)O)ccc(C#N)c1Cl. The second-order valence-corrected chi connectivity index (χ2v) is 23.1. The average molecular weight is 649 g/mol. The molecule has 2 amide bonds. The third-order valence-electron chi connectivity index (χ3n) is 9.06. The summed E-state index contributed by atoms with van der Waals surface area (Å²) >= 11 is 6.37. The van der Waals surface area contributed by atoms with Gasteiger partial charge < -0.3 is 14.9 Å². The number of anilines is 1. The number of nitrogens with one attached hydrogen (secondary N) is 3. The van der Waals surface area contributed by atoms with Gasteiger partial charge in [-0.05, 0) is 97.3 Å². The minimum absolute atomic E-state index is 0.0290. The lowest BCUT2D eigenvalue weighted by atomic mass is 9.90. The molecular weight excluding hydrogens is 603 g/mol. The minimum atomic E-state index is -2.60. The first kappa shape index (κ1) is 36.4. The number of benzene rings is 2. The molecule has 0 aliphatic heterocycles. The van der Waals surface area contributed by atoms with Crippen LogP contribution in [0.3, 0.4) is 0 Å². The van der Waals surface area contributed by atoms with E-state index in [4.69, 9.17) is 11.6 Å². The molecule has 12 heteroatoms. The maximum atomic E-state index is 15.0. The Morgan fingerprint density at radius 3 is 2.12 bits per heavy atom. The summed E-state index contributed by atoms with van der Waals surface area (Å²) in [6.07, 6.45) is 0.822. The predicted molar refractivity (Wildman–Crippen MR) is 175 cm³/mol. The lowest BCUT2D eigenvalue weighted by Crippen LogP contribution is -2.52. The Hall–Kier alpha value is -2.76. The number of amides is 2. The number of carbonyl (C=O) groups excluding carboxylic acids is 2. The standard InChI is InChI=1S/C31H46ClFN4O4Si2/c1-19(16-30(3,4)42(7,8)40)27(35-25-14-13-23(18-34)26(32)20(25)2)29(39)37-36-28(38)21-11-12-22(24(33)15-21)17-31(5,6)43(9,10)41/h11-15,19,27,35,40-41H,16-17H2,1-10H3,(H,36,38)(H,37,39)/t19-,27-/m1/s1. The van der Waals surface area contributed by atoms with E-state index >= 15 is 0 Å². The van der Waals surface area contributed by atoms with Crippen molar-refractivity contribution in [2.24, 2.45) is 5.92 Å². The van der Waals surface area contributed by atoms with Crippen molar-refractivity contribution in [1.29, 1.82) is 5.26 Å². The molecule has 43 heavy (non-hydrogen) atoms. The van der Waals surface area contributed by atoms with Gasteiger partial charge in [0.25, 0.3) is 11.8 Å². The van der Waals surface area contributed by atoms with Gasteiger partial charge >= 0.3 is 0 Å². The molecule has 0 fully saturated rings. The van der Waals surface area contributed by atoms with Crippen LogP contribution in [0, 0.1) is 30.0 Å². The van der Waals surface area contributed by atoms with Gasteiger partial charge in [-0.15, -0.1) is 0 Å². The fourth-order valence-corrected chi connectivity index (χ4v) is 6.18. The van der Waals surface area contributed by atoms with Crippen LogP contribution in [0.4, 0.5) is 10.1 Å². The first-order valence-corrected chi connectivity index (χ1v) is 20.6. The maximum absolute atomic E-state index is 15.0.